The number of aromatic nitrogens is 1. The molecule has 14 heteroatoms. The van der Waals surface area contributed by atoms with E-state index in [1.165, 1.54) is 30.5 Å². The van der Waals surface area contributed by atoms with E-state index in [4.69, 9.17) is 19.9 Å². The predicted octanol–water partition coefficient (Wildman–Crippen LogP) is 4.42. The minimum Gasteiger partial charge on any atom is -0.496 e. The van der Waals surface area contributed by atoms with E-state index in [1.807, 2.05) is 13.8 Å². The van der Waals surface area contributed by atoms with Gasteiger partial charge in [-0.3, -0.25) is 19.2 Å². The molecule has 50 heavy (non-hydrogen) atoms. The van der Waals surface area contributed by atoms with Crippen LogP contribution in [0.15, 0.2) is 41.8 Å². The van der Waals surface area contributed by atoms with Crippen LogP contribution in [0.2, 0.25) is 0 Å². The summed E-state index contributed by atoms with van der Waals surface area (Å²) in [6, 6.07) is 8.90. The third-order valence-corrected chi connectivity index (χ3v) is 9.18. The second-order valence-electron chi connectivity index (χ2n) is 12.9. The second kappa shape index (κ2) is 17.8. The van der Waals surface area contributed by atoms with Gasteiger partial charge in [0.15, 0.2) is 11.5 Å². The van der Waals surface area contributed by atoms with Gasteiger partial charge in [0.2, 0.25) is 11.8 Å². The number of nitrogens with zero attached hydrogens (tertiary/aromatic N) is 2. The van der Waals surface area contributed by atoms with E-state index in [0.717, 1.165) is 6.42 Å². The van der Waals surface area contributed by atoms with Crippen molar-refractivity contribution in [2.24, 2.45) is 17.6 Å². The average molecular weight is 709 g/mol. The van der Waals surface area contributed by atoms with Crippen LogP contribution < -0.4 is 35.9 Å². The smallest absolute Gasteiger partial charge is 0.273 e. The maximum atomic E-state index is 13.7. The van der Waals surface area contributed by atoms with Crippen LogP contribution in [0.1, 0.15) is 84.4 Å². The minimum atomic E-state index is -0.893. The van der Waals surface area contributed by atoms with Crippen molar-refractivity contribution >= 4 is 35.0 Å². The molecule has 2 bridgehead atoms. The second-order valence-corrected chi connectivity index (χ2v) is 13.8. The zero-order valence-electron chi connectivity index (χ0n) is 29.5. The van der Waals surface area contributed by atoms with E-state index in [9.17, 15) is 19.2 Å². The molecule has 270 valence electrons. The lowest BCUT2D eigenvalue weighted by Gasteiger charge is -2.26. The normalized spacial score (nSPS) is 17.2. The maximum Gasteiger partial charge on any atom is 0.273 e. The van der Waals surface area contributed by atoms with Gasteiger partial charge in [-0.25, -0.2) is 4.98 Å². The van der Waals surface area contributed by atoms with Crippen LogP contribution in [0.3, 0.4) is 0 Å². The number of methoxy groups -OCH3 is 2. The van der Waals surface area contributed by atoms with Gasteiger partial charge in [-0.2, -0.15) is 0 Å². The Kier molecular flexibility index (Phi) is 13.6. The Hall–Kier alpha value is -4.69. The molecule has 0 saturated heterocycles. The van der Waals surface area contributed by atoms with Gasteiger partial charge in [-0.15, -0.1) is 11.3 Å². The number of carbonyl (C=O) groups excluding carboxylic acids is 4. The molecule has 0 unspecified atom stereocenters. The molecule has 2 atom stereocenters. The van der Waals surface area contributed by atoms with Crippen LogP contribution in [0.25, 0.3) is 0 Å². The van der Waals surface area contributed by atoms with Gasteiger partial charge in [0, 0.05) is 24.0 Å². The van der Waals surface area contributed by atoms with Crippen molar-refractivity contribution < 1.29 is 33.4 Å². The van der Waals surface area contributed by atoms with Crippen LogP contribution in [0.4, 0.5) is 0 Å². The monoisotopic (exact) mass is 708 g/mol. The highest BCUT2D eigenvalue weighted by molar-refractivity contribution is 7.09. The van der Waals surface area contributed by atoms with E-state index in [1.54, 1.807) is 41.8 Å². The van der Waals surface area contributed by atoms with Crippen molar-refractivity contribution in [1.82, 2.24) is 25.8 Å². The molecule has 2 heterocycles. The number of fused-ring (bicyclic) bond motifs is 3. The highest BCUT2D eigenvalue weighted by atomic mass is 32.1. The van der Waals surface area contributed by atoms with Gasteiger partial charge in [-0.05, 0) is 61.4 Å². The summed E-state index contributed by atoms with van der Waals surface area (Å²) in [7, 11) is 3.01. The summed E-state index contributed by atoms with van der Waals surface area (Å²) in [6.45, 7) is 8.07. The molecule has 0 spiro atoms. The van der Waals surface area contributed by atoms with Crippen molar-refractivity contribution in [3.63, 3.8) is 0 Å². The highest BCUT2D eigenvalue weighted by Crippen LogP contribution is 2.37. The lowest BCUT2D eigenvalue weighted by Crippen LogP contribution is -2.52. The topological polar surface area (TPSA) is 174 Å². The zero-order chi connectivity index (χ0) is 36.4. The first kappa shape index (κ1) is 38.1. The van der Waals surface area contributed by atoms with Crippen molar-refractivity contribution in [3.05, 3.63) is 63.6 Å². The largest absolute Gasteiger partial charge is 0.496 e. The van der Waals surface area contributed by atoms with Gasteiger partial charge in [0.25, 0.3) is 11.8 Å². The van der Waals surface area contributed by atoms with Gasteiger partial charge < -0.3 is 40.8 Å². The molecule has 3 aromatic rings. The summed E-state index contributed by atoms with van der Waals surface area (Å²) >= 11 is 1.32. The number of benzene rings is 2. The number of hydrogen-bond donors (Lipinski definition) is 4. The van der Waals surface area contributed by atoms with E-state index in [0.29, 0.717) is 64.4 Å². The molecule has 1 aliphatic rings. The van der Waals surface area contributed by atoms with E-state index >= 15 is 0 Å². The first-order valence-electron chi connectivity index (χ1n) is 16.8. The third-order valence-electron chi connectivity index (χ3n) is 8.21. The fourth-order valence-corrected chi connectivity index (χ4v) is 6.35. The first-order chi connectivity index (χ1) is 23.9. The summed E-state index contributed by atoms with van der Waals surface area (Å²) < 4.78 is 17.4. The van der Waals surface area contributed by atoms with E-state index in [2.05, 4.69) is 34.8 Å². The number of ether oxygens (including phenoxy) is 3. The SMILES string of the molecule is COc1ccc2cc1Oc1cccc(OC)c1CNC(=O)[C@@H](C(C)C)NC(=O)CN(C(=O)c1csc([C@@H](N)CC(C)C)n1)CCCCNC2=O. The number of amides is 4. The Morgan fingerprint density at radius 2 is 1.80 bits per heavy atom. The summed E-state index contributed by atoms with van der Waals surface area (Å²) in [5.41, 5.74) is 7.43. The molecular formula is C36H48N6O7S. The number of hydrogen-bond acceptors (Lipinski definition) is 10. The predicted molar refractivity (Wildman–Crippen MR) is 191 cm³/mol. The Labute approximate surface area is 297 Å². The molecule has 2 aromatic carbocycles. The van der Waals surface area contributed by atoms with Crippen LogP contribution in [-0.4, -0.2) is 73.4 Å². The molecule has 1 aliphatic heterocycles. The Morgan fingerprint density at radius 1 is 1.04 bits per heavy atom. The Balaban J connectivity index is 1.64. The third kappa shape index (κ3) is 9.94. The molecule has 0 fully saturated rings. The molecular weight excluding hydrogens is 660 g/mol. The molecule has 0 radical (unpaired) electrons. The van der Waals surface area contributed by atoms with Crippen molar-refractivity contribution in [1.29, 1.82) is 0 Å². The lowest BCUT2D eigenvalue weighted by atomic mass is 10.0. The zero-order valence-corrected chi connectivity index (χ0v) is 30.4. The standard InChI is InChI=1S/C36H48N6O7S/c1-21(2)16-25(37)35-40-26(20-50-35)36(46)42-15-8-7-14-38-33(44)23-12-13-29(48-6)30(17-23)49-28-11-9-10-27(47-5)24(28)18-39-34(45)32(22(3)4)41-31(43)19-42/h9-13,17,20-22,25,32H,7-8,14-16,18-19,37H2,1-6H3,(H,38,44)(H,39,45)(H,41,43)/t25-,32+/m0/s1. The Morgan fingerprint density at radius 3 is 2.50 bits per heavy atom. The summed E-state index contributed by atoms with van der Waals surface area (Å²) in [6.07, 6.45) is 1.75. The highest BCUT2D eigenvalue weighted by Gasteiger charge is 2.28. The number of rotatable bonds is 7. The molecule has 0 saturated carbocycles. The van der Waals surface area contributed by atoms with Crippen LogP contribution in [-0.2, 0) is 16.1 Å². The summed E-state index contributed by atoms with van der Waals surface area (Å²) in [4.78, 5) is 59.8. The molecule has 4 amide bonds. The molecule has 13 nitrogen and oxygen atoms in total. The van der Waals surface area contributed by atoms with Gasteiger partial charge >= 0.3 is 0 Å². The number of thiazole rings is 1. The van der Waals surface area contributed by atoms with Gasteiger partial charge in [-0.1, -0.05) is 33.8 Å². The molecule has 5 N–H and O–H groups in total. The number of carbonyl (C=O) groups is 4. The number of nitrogens with one attached hydrogen (secondary N) is 3. The fourth-order valence-electron chi connectivity index (χ4n) is 5.55. The van der Waals surface area contributed by atoms with Crippen molar-refractivity contribution in [3.8, 4) is 23.0 Å². The number of nitrogens with two attached hydrogens (primary N) is 1. The van der Waals surface area contributed by atoms with Crippen LogP contribution in [0.5, 0.6) is 23.0 Å². The van der Waals surface area contributed by atoms with Crippen molar-refractivity contribution in [2.75, 3.05) is 33.9 Å². The quantitative estimate of drug-likeness (QED) is 0.277. The van der Waals surface area contributed by atoms with E-state index < -0.39 is 23.8 Å². The lowest BCUT2D eigenvalue weighted by molar-refractivity contribution is -0.130. The summed E-state index contributed by atoms with van der Waals surface area (Å²) in [5.74, 6) is 0.00134. The maximum absolute atomic E-state index is 13.7. The van der Waals surface area contributed by atoms with Crippen LogP contribution >= 0.6 is 11.3 Å². The van der Waals surface area contributed by atoms with Crippen molar-refractivity contribution in [2.45, 2.75) is 65.6 Å². The molecule has 0 aliphatic carbocycles. The van der Waals surface area contributed by atoms with Crippen LogP contribution in [0, 0.1) is 11.8 Å². The van der Waals surface area contributed by atoms with E-state index in [-0.39, 0.29) is 43.2 Å². The van der Waals surface area contributed by atoms with Gasteiger partial charge in [0.05, 0.1) is 38.9 Å². The van der Waals surface area contributed by atoms with Gasteiger partial charge in [0.1, 0.15) is 28.2 Å². The minimum absolute atomic E-state index is 0.00940. The average Bonchev–Trinajstić information content (AvgIpc) is 3.58. The molecule has 4 rings (SSSR count). The Bertz CT molecular complexity index is 1660. The molecule has 1 aromatic heterocycles. The summed E-state index contributed by atoms with van der Waals surface area (Å²) in [5, 5.41) is 11.0. The first-order valence-corrected chi connectivity index (χ1v) is 17.7. The fraction of sp³-hybridized carbons (Fsp3) is 0.472.